The Morgan fingerprint density at radius 3 is 2.90 bits per heavy atom. The Balaban J connectivity index is 1.90. The van der Waals surface area contributed by atoms with Crippen LogP contribution in [0.15, 0.2) is 22.2 Å². The smallest absolute Gasteiger partial charge is 0.312 e. The number of ether oxygens (including phenoxy) is 1. The third kappa shape index (κ3) is 4.37. The molecule has 0 spiro atoms. The molecule has 0 fully saturated rings. The van der Waals surface area contributed by atoms with Crippen molar-refractivity contribution in [3.63, 3.8) is 0 Å². The Morgan fingerprint density at radius 1 is 1.43 bits per heavy atom. The zero-order valence-electron chi connectivity index (χ0n) is 11.8. The van der Waals surface area contributed by atoms with Crippen molar-refractivity contribution in [1.82, 2.24) is 10.3 Å². The first kappa shape index (κ1) is 15.7. The quantitative estimate of drug-likeness (QED) is 0.829. The van der Waals surface area contributed by atoms with E-state index >= 15 is 0 Å². The summed E-state index contributed by atoms with van der Waals surface area (Å²) in [7, 11) is 0. The molecule has 5 nitrogen and oxygen atoms in total. The van der Waals surface area contributed by atoms with E-state index in [4.69, 9.17) is 4.74 Å². The maximum absolute atomic E-state index is 11.8. The van der Waals surface area contributed by atoms with Gasteiger partial charge in [-0.25, -0.2) is 4.98 Å². The number of thiazole rings is 1. The fourth-order valence-electron chi connectivity index (χ4n) is 1.67. The third-order valence-electron chi connectivity index (χ3n) is 2.67. The fraction of sp³-hybridized carbons (Fsp3) is 0.357. The average molecular weight is 324 g/mol. The molecule has 2 aromatic rings. The van der Waals surface area contributed by atoms with Gasteiger partial charge in [-0.05, 0) is 25.3 Å². The second kappa shape index (κ2) is 7.33. The minimum absolute atomic E-state index is 0.0738. The number of carbonyl (C=O) groups is 2. The summed E-state index contributed by atoms with van der Waals surface area (Å²) in [5.74, 6) is -0.737. The zero-order valence-corrected chi connectivity index (χ0v) is 13.4. The summed E-state index contributed by atoms with van der Waals surface area (Å²) in [4.78, 5) is 27.7. The van der Waals surface area contributed by atoms with Gasteiger partial charge >= 0.3 is 5.97 Å². The molecule has 0 aliphatic rings. The molecule has 0 radical (unpaired) electrons. The molecule has 0 saturated heterocycles. The van der Waals surface area contributed by atoms with Crippen LogP contribution in [0, 0.1) is 0 Å². The lowest BCUT2D eigenvalue weighted by Crippen LogP contribution is -2.35. The first-order valence-corrected chi connectivity index (χ1v) is 8.36. The second-order valence-corrected chi connectivity index (χ2v) is 6.00. The van der Waals surface area contributed by atoms with E-state index in [2.05, 4.69) is 10.3 Å². The topological polar surface area (TPSA) is 68.3 Å². The van der Waals surface area contributed by atoms with Crippen LogP contribution in [0.5, 0.6) is 0 Å². The highest BCUT2D eigenvalue weighted by Gasteiger charge is 2.18. The standard InChI is InChI=1S/C14H16N2O3S2/c1-3-15-13(18)9(2)19-12(17)6-11-8-21-14(16-11)10-4-5-20-7-10/h4-5,7-9H,3,6H2,1-2H3,(H,15,18)/t9-/m0/s1. The van der Waals surface area contributed by atoms with Gasteiger partial charge < -0.3 is 10.1 Å². The van der Waals surface area contributed by atoms with Gasteiger partial charge in [-0.15, -0.1) is 11.3 Å². The summed E-state index contributed by atoms with van der Waals surface area (Å²) in [5.41, 5.74) is 1.72. The van der Waals surface area contributed by atoms with Crippen LogP contribution in [0.3, 0.4) is 0 Å². The summed E-state index contributed by atoms with van der Waals surface area (Å²) in [5, 5.41) is 9.33. The van der Waals surface area contributed by atoms with E-state index in [1.54, 1.807) is 18.3 Å². The molecule has 0 saturated carbocycles. The van der Waals surface area contributed by atoms with E-state index in [0.717, 1.165) is 10.6 Å². The predicted molar refractivity (Wildman–Crippen MR) is 83.4 cm³/mol. The minimum Gasteiger partial charge on any atom is -0.452 e. The molecule has 1 amide bonds. The van der Waals surface area contributed by atoms with E-state index in [9.17, 15) is 9.59 Å². The molecule has 21 heavy (non-hydrogen) atoms. The number of nitrogens with one attached hydrogen (secondary N) is 1. The Hall–Kier alpha value is -1.73. The first-order chi connectivity index (χ1) is 10.1. The lowest BCUT2D eigenvalue weighted by atomic mass is 10.3. The van der Waals surface area contributed by atoms with Crippen molar-refractivity contribution in [3.8, 4) is 10.6 Å². The fourth-order valence-corrected chi connectivity index (χ4v) is 3.20. The van der Waals surface area contributed by atoms with E-state index in [1.807, 2.05) is 29.1 Å². The predicted octanol–water partition coefficient (Wildman–Crippen LogP) is 2.48. The maximum Gasteiger partial charge on any atom is 0.312 e. The van der Waals surface area contributed by atoms with Gasteiger partial charge in [-0.2, -0.15) is 11.3 Å². The molecule has 0 aliphatic carbocycles. The number of nitrogens with zero attached hydrogens (tertiary/aromatic N) is 1. The Bertz CT molecular complexity index is 608. The molecule has 7 heteroatoms. The highest BCUT2D eigenvalue weighted by atomic mass is 32.1. The van der Waals surface area contributed by atoms with Crippen molar-refractivity contribution in [3.05, 3.63) is 27.9 Å². The van der Waals surface area contributed by atoms with Crippen LogP contribution in [-0.2, 0) is 20.7 Å². The van der Waals surface area contributed by atoms with Crippen LogP contribution < -0.4 is 5.32 Å². The van der Waals surface area contributed by atoms with E-state index in [0.29, 0.717) is 12.2 Å². The molecule has 112 valence electrons. The Morgan fingerprint density at radius 2 is 2.24 bits per heavy atom. The highest BCUT2D eigenvalue weighted by Crippen LogP contribution is 2.25. The highest BCUT2D eigenvalue weighted by molar-refractivity contribution is 7.14. The number of aromatic nitrogens is 1. The summed E-state index contributed by atoms with van der Waals surface area (Å²) < 4.78 is 5.08. The molecule has 0 aliphatic heterocycles. The van der Waals surface area contributed by atoms with Crippen molar-refractivity contribution in [2.45, 2.75) is 26.4 Å². The van der Waals surface area contributed by atoms with E-state index in [1.165, 1.54) is 11.3 Å². The number of carbonyl (C=O) groups excluding carboxylic acids is 2. The van der Waals surface area contributed by atoms with Gasteiger partial charge in [0.1, 0.15) is 5.01 Å². The SMILES string of the molecule is CCNC(=O)[C@H](C)OC(=O)Cc1csc(-c2ccsc2)n1. The van der Waals surface area contributed by atoms with E-state index in [-0.39, 0.29) is 12.3 Å². The number of esters is 1. The van der Waals surface area contributed by atoms with Crippen LogP contribution in [0.1, 0.15) is 19.5 Å². The summed E-state index contributed by atoms with van der Waals surface area (Å²) in [6.07, 6.45) is -0.711. The number of hydrogen-bond donors (Lipinski definition) is 1. The van der Waals surface area contributed by atoms with Crippen molar-refractivity contribution in [1.29, 1.82) is 0 Å². The third-order valence-corrected chi connectivity index (χ3v) is 4.30. The molecular weight excluding hydrogens is 308 g/mol. The molecule has 2 rings (SSSR count). The monoisotopic (exact) mass is 324 g/mol. The number of amides is 1. The lowest BCUT2D eigenvalue weighted by Gasteiger charge is -2.11. The van der Waals surface area contributed by atoms with Crippen LogP contribution in [-0.4, -0.2) is 29.5 Å². The summed E-state index contributed by atoms with van der Waals surface area (Å²) >= 11 is 3.10. The number of thiophene rings is 1. The largest absolute Gasteiger partial charge is 0.452 e. The van der Waals surface area contributed by atoms with Gasteiger partial charge in [-0.3, -0.25) is 9.59 Å². The van der Waals surface area contributed by atoms with Crippen molar-refractivity contribution in [2.75, 3.05) is 6.54 Å². The number of likely N-dealkylation sites (N-methyl/N-ethyl adjacent to an activating group) is 1. The van der Waals surface area contributed by atoms with Crippen LogP contribution in [0.4, 0.5) is 0 Å². The molecule has 1 atom stereocenters. The number of rotatable bonds is 6. The molecule has 2 aromatic heterocycles. The van der Waals surface area contributed by atoms with Gasteiger partial charge in [0.15, 0.2) is 6.10 Å². The van der Waals surface area contributed by atoms with Crippen LogP contribution in [0.2, 0.25) is 0 Å². The molecule has 0 aromatic carbocycles. The van der Waals surface area contributed by atoms with Crippen molar-refractivity contribution in [2.24, 2.45) is 0 Å². The molecule has 1 N–H and O–H groups in total. The average Bonchev–Trinajstić information content (AvgIpc) is 3.08. The maximum atomic E-state index is 11.8. The van der Waals surface area contributed by atoms with Gasteiger partial charge in [0.25, 0.3) is 5.91 Å². The Kier molecular flexibility index (Phi) is 5.46. The second-order valence-electron chi connectivity index (χ2n) is 4.36. The molecule has 2 heterocycles. The zero-order chi connectivity index (χ0) is 15.2. The van der Waals surface area contributed by atoms with Gasteiger partial charge in [0.2, 0.25) is 0 Å². The summed E-state index contributed by atoms with van der Waals surface area (Å²) in [6, 6.07) is 1.99. The normalized spacial score (nSPS) is 11.9. The summed E-state index contributed by atoms with van der Waals surface area (Å²) in [6.45, 7) is 3.88. The number of hydrogen-bond acceptors (Lipinski definition) is 6. The van der Waals surface area contributed by atoms with Crippen LogP contribution >= 0.6 is 22.7 Å². The molecular formula is C14H16N2O3S2. The van der Waals surface area contributed by atoms with Crippen molar-refractivity contribution >= 4 is 34.6 Å². The van der Waals surface area contributed by atoms with Gasteiger partial charge in [0.05, 0.1) is 12.1 Å². The Labute approximate surface area is 131 Å². The molecule has 0 unspecified atom stereocenters. The molecule has 0 bridgehead atoms. The van der Waals surface area contributed by atoms with Crippen LogP contribution in [0.25, 0.3) is 10.6 Å². The minimum atomic E-state index is -0.785. The van der Waals surface area contributed by atoms with E-state index < -0.39 is 12.1 Å². The van der Waals surface area contributed by atoms with Gasteiger partial charge in [-0.1, -0.05) is 0 Å². The lowest BCUT2D eigenvalue weighted by molar-refractivity contribution is -0.154. The van der Waals surface area contributed by atoms with Crippen molar-refractivity contribution < 1.29 is 14.3 Å². The van der Waals surface area contributed by atoms with Gasteiger partial charge in [0, 0.05) is 22.9 Å². The first-order valence-electron chi connectivity index (χ1n) is 6.54.